The molecular weight excluding hydrogens is 466 g/mol. The normalized spacial score (nSPS) is 16.8. The number of hydrogen-bond acceptors (Lipinski definition) is 6. The summed E-state index contributed by atoms with van der Waals surface area (Å²) in [5.74, 6) is -0.515. The lowest BCUT2D eigenvalue weighted by molar-refractivity contribution is -0.135. The number of aryl methyl sites for hydroxylation is 1. The van der Waals surface area contributed by atoms with Crippen molar-refractivity contribution < 1.29 is 23.9 Å². The van der Waals surface area contributed by atoms with Crippen molar-refractivity contribution in [3.63, 3.8) is 0 Å². The minimum Gasteiger partial charge on any atom is -0.484 e. The number of hydrogen-bond donors (Lipinski definition) is 1. The first-order chi connectivity index (χ1) is 16.8. The fourth-order valence-electron chi connectivity index (χ4n) is 3.91. The zero-order valence-electron chi connectivity index (χ0n) is 19.7. The highest BCUT2D eigenvalue weighted by Gasteiger charge is 2.37. The third-order valence-corrected chi connectivity index (χ3v) is 6.94. The number of carbonyl (C=O) groups excluding carboxylic acids is 4. The van der Waals surface area contributed by atoms with E-state index in [-0.39, 0.29) is 29.9 Å². The highest BCUT2D eigenvalue weighted by atomic mass is 32.2. The molecule has 0 unspecified atom stereocenters. The van der Waals surface area contributed by atoms with Gasteiger partial charge in [0.05, 0.1) is 4.91 Å². The summed E-state index contributed by atoms with van der Waals surface area (Å²) in [6.45, 7) is 4.85. The van der Waals surface area contributed by atoms with E-state index >= 15 is 0 Å². The van der Waals surface area contributed by atoms with Gasteiger partial charge in [0.1, 0.15) is 12.3 Å². The van der Waals surface area contributed by atoms with Gasteiger partial charge in [-0.3, -0.25) is 24.1 Å². The predicted molar refractivity (Wildman–Crippen MR) is 135 cm³/mol. The highest BCUT2D eigenvalue weighted by molar-refractivity contribution is 8.18. The average molecular weight is 494 g/mol. The van der Waals surface area contributed by atoms with Crippen LogP contribution in [0.15, 0.2) is 47.4 Å². The Bertz CT molecular complexity index is 1200. The van der Waals surface area contributed by atoms with Crippen LogP contribution in [0.5, 0.6) is 5.75 Å². The molecule has 0 atom stereocenters. The number of thioether (sulfide) groups is 1. The molecule has 0 aromatic heterocycles. The Morgan fingerprint density at radius 3 is 2.60 bits per heavy atom. The van der Waals surface area contributed by atoms with Crippen molar-refractivity contribution in [3.8, 4) is 5.75 Å². The van der Waals surface area contributed by atoms with Crippen molar-refractivity contribution in [2.75, 3.05) is 31.6 Å². The van der Waals surface area contributed by atoms with Gasteiger partial charge in [-0.2, -0.15) is 0 Å². The van der Waals surface area contributed by atoms with Crippen molar-refractivity contribution in [1.29, 1.82) is 0 Å². The fourth-order valence-corrected chi connectivity index (χ4v) is 4.74. The molecule has 9 heteroatoms. The van der Waals surface area contributed by atoms with Gasteiger partial charge in [0.2, 0.25) is 5.91 Å². The van der Waals surface area contributed by atoms with Gasteiger partial charge >= 0.3 is 0 Å². The minimum atomic E-state index is -0.480. The van der Waals surface area contributed by atoms with Gasteiger partial charge in [0.15, 0.2) is 6.61 Å². The summed E-state index contributed by atoms with van der Waals surface area (Å²) in [7, 11) is 0. The van der Waals surface area contributed by atoms with Crippen LogP contribution < -0.4 is 10.1 Å². The average Bonchev–Trinajstić information content (AvgIpc) is 3.46. The number of anilines is 1. The predicted octanol–water partition coefficient (Wildman–Crippen LogP) is 3.98. The Labute approximate surface area is 208 Å². The van der Waals surface area contributed by atoms with Crippen LogP contribution >= 0.6 is 11.8 Å². The van der Waals surface area contributed by atoms with Gasteiger partial charge in [-0.25, -0.2) is 0 Å². The summed E-state index contributed by atoms with van der Waals surface area (Å²) >= 11 is 0.812. The number of imide groups is 1. The molecule has 35 heavy (non-hydrogen) atoms. The lowest BCUT2D eigenvalue weighted by Crippen LogP contribution is -2.40. The second kappa shape index (κ2) is 10.8. The summed E-state index contributed by atoms with van der Waals surface area (Å²) in [5.41, 5.74) is 3.47. The lowest BCUT2D eigenvalue weighted by Gasteiger charge is -2.18. The van der Waals surface area contributed by atoms with Crippen LogP contribution in [-0.2, 0) is 14.4 Å². The maximum Gasteiger partial charge on any atom is 0.294 e. The van der Waals surface area contributed by atoms with Crippen LogP contribution in [0.25, 0.3) is 6.08 Å². The van der Waals surface area contributed by atoms with E-state index in [1.807, 2.05) is 32.0 Å². The molecule has 2 aromatic rings. The van der Waals surface area contributed by atoms with Gasteiger partial charge in [-0.15, -0.1) is 0 Å². The standard InChI is InChI=1S/C26H27N3O5S/c1-17-7-5-10-21(18(17)2)27-23(30)16-34-20-9-6-8-19(13-20)14-22-25(32)29(26(33)35-22)15-24(31)28-11-3-4-12-28/h5-10,13-14H,3-4,11-12,15-16H2,1-2H3,(H,27,30)/b22-14-. The molecule has 2 saturated heterocycles. The molecule has 0 radical (unpaired) electrons. The molecule has 4 amide bonds. The van der Waals surface area contributed by atoms with Crippen LogP contribution in [0.3, 0.4) is 0 Å². The first-order valence-corrected chi connectivity index (χ1v) is 12.3. The minimum absolute atomic E-state index is 0.175. The van der Waals surface area contributed by atoms with Crippen LogP contribution in [-0.4, -0.2) is 59.0 Å². The number of amides is 4. The molecular formula is C26H27N3O5S. The molecule has 0 spiro atoms. The summed E-state index contributed by atoms with van der Waals surface area (Å²) in [4.78, 5) is 52.8. The van der Waals surface area contributed by atoms with Gasteiger partial charge in [0, 0.05) is 18.8 Å². The van der Waals surface area contributed by atoms with Crippen molar-refractivity contribution in [3.05, 3.63) is 64.1 Å². The number of ether oxygens (including phenoxy) is 1. The van der Waals surface area contributed by atoms with Crippen molar-refractivity contribution >= 4 is 46.5 Å². The molecule has 0 saturated carbocycles. The highest BCUT2D eigenvalue weighted by Crippen LogP contribution is 2.32. The molecule has 2 heterocycles. The van der Waals surface area contributed by atoms with E-state index in [1.165, 1.54) is 0 Å². The second-order valence-corrected chi connectivity index (χ2v) is 9.51. The monoisotopic (exact) mass is 493 g/mol. The second-order valence-electron chi connectivity index (χ2n) is 8.51. The Morgan fingerprint density at radius 2 is 1.83 bits per heavy atom. The Balaban J connectivity index is 1.36. The van der Waals surface area contributed by atoms with E-state index in [0.717, 1.165) is 46.3 Å². The molecule has 0 bridgehead atoms. The first kappa shape index (κ1) is 24.5. The molecule has 0 aliphatic carbocycles. The Kier molecular flexibility index (Phi) is 7.55. The van der Waals surface area contributed by atoms with E-state index < -0.39 is 11.1 Å². The zero-order valence-corrected chi connectivity index (χ0v) is 20.5. The number of rotatable bonds is 7. The molecule has 1 N–H and O–H groups in total. The summed E-state index contributed by atoms with van der Waals surface area (Å²) < 4.78 is 5.63. The molecule has 2 aromatic carbocycles. The van der Waals surface area contributed by atoms with Gasteiger partial charge < -0.3 is 15.0 Å². The fraction of sp³-hybridized carbons (Fsp3) is 0.308. The van der Waals surface area contributed by atoms with Crippen molar-refractivity contribution in [1.82, 2.24) is 9.80 Å². The topological polar surface area (TPSA) is 96.0 Å². The summed E-state index contributed by atoms with van der Waals surface area (Å²) in [5, 5.41) is 2.39. The molecule has 182 valence electrons. The number of benzene rings is 2. The van der Waals surface area contributed by atoms with E-state index in [9.17, 15) is 19.2 Å². The van der Waals surface area contributed by atoms with Gasteiger partial charge in [-0.1, -0.05) is 24.3 Å². The van der Waals surface area contributed by atoms with Crippen molar-refractivity contribution in [2.45, 2.75) is 26.7 Å². The van der Waals surface area contributed by atoms with Crippen LogP contribution in [0.1, 0.15) is 29.5 Å². The van der Waals surface area contributed by atoms with Crippen molar-refractivity contribution in [2.24, 2.45) is 0 Å². The maximum absolute atomic E-state index is 12.8. The number of nitrogens with zero attached hydrogens (tertiary/aromatic N) is 2. The van der Waals surface area contributed by atoms with E-state index in [4.69, 9.17) is 4.74 Å². The van der Waals surface area contributed by atoms with E-state index in [2.05, 4.69) is 5.32 Å². The molecule has 2 aliphatic heterocycles. The zero-order chi connectivity index (χ0) is 24.9. The maximum atomic E-state index is 12.8. The SMILES string of the molecule is Cc1cccc(NC(=O)COc2cccc(/C=C3\SC(=O)N(CC(=O)N4CCCC4)C3=O)c2)c1C. The number of carbonyl (C=O) groups is 4. The number of likely N-dealkylation sites (tertiary alicyclic amines) is 1. The quantitative estimate of drug-likeness (QED) is 0.586. The largest absolute Gasteiger partial charge is 0.484 e. The third-order valence-electron chi connectivity index (χ3n) is 6.03. The lowest BCUT2D eigenvalue weighted by atomic mass is 10.1. The molecule has 8 nitrogen and oxygen atoms in total. The van der Waals surface area contributed by atoms with E-state index in [1.54, 1.807) is 35.2 Å². The van der Waals surface area contributed by atoms with Crippen LogP contribution in [0, 0.1) is 13.8 Å². The van der Waals surface area contributed by atoms with Crippen LogP contribution in [0.4, 0.5) is 10.5 Å². The summed E-state index contributed by atoms with van der Waals surface area (Å²) in [6.07, 6.45) is 3.48. The van der Waals surface area contributed by atoms with Crippen LogP contribution in [0.2, 0.25) is 0 Å². The first-order valence-electron chi connectivity index (χ1n) is 11.4. The molecule has 2 aliphatic rings. The van der Waals surface area contributed by atoms with Gasteiger partial charge in [0.25, 0.3) is 17.1 Å². The van der Waals surface area contributed by atoms with Gasteiger partial charge in [-0.05, 0) is 79.4 Å². The smallest absolute Gasteiger partial charge is 0.294 e. The Hall–Kier alpha value is -3.59. The van der Waals surface area contributed by atoms with E-state index in [0.29, 0.717) is 24.4 Å². The molecule has 4 rings (SSSR count). The molecule has 2 fully saturated rings. The summed E-state index contributed by atoms with van der Waals surface area (Å²) in [6, 6.07) is 12.6. The Morgan fingerprint density at radius 1 is 1.09 bits per heavy atom. The number of nitrogens with one attached hydrogen (secondary N) is 1. The third kappa shape index (κ3) is 5.92.